The van der Waals surface area contributed by atoms with E-state index in [0.717, 1.165) is 5.56 Å². The molecule has 0 aromatic heterocycles. The third-order valence-corrected chi connectivity index (χ3v) is 5.03. The lowest BCUT2D eigenvalue weighted by atomic mass is 10.2. The summed E-state index contributed by atoms with van der Waals surface area (Å²) >= 11 is 0. The van der Waals surface area contributed by atoms with Gasteiger partial charge in [0.05, 0.1) is 0 Å². The van der Waals surface area contributed by atoms with E-state index in [1.165, 1.54) is 4.90 Å². The fourth-order valence-corrected chi connectivity index (χ4v) is 3.78. The predicted molar refractivity (Wildman–Crippen MR) is 82.7 cm³/mol. The van der Waals surface area contributed by atoms with Crippen molar-refractivity contribution < 1.29 is 19.3 Å². The van der Waals surface area contributed by atoms with Crippen LogP contribution in [0.15, 0.2) is 30.3 Å². The maximum Gasteiger partial charge on any atom is 0.437 e. The molecule has 2 rings (SSSR count). The van der Waals surface area contributed by atoms with Gasteiger partial charge in [-0.3, -0.25) is 4.79 Å². The van der Waals surface area contributed by atoms with Crippen molar-refractivity contribution in [2.24, 2.45) is 0 Å². The highest BCUT2D eigenvalue weighted by molar-refractivity contribution is 7.41. The number of carboxylic acids is 1. The first kappa shape index (κ1) is 16.6. The van der Waals surface area contributed by atoms with Gasteiger partial charge >= 0.3 is 13.9 Å². The monoisotopic (exact) mass is 323 g/mol. The largest absolute Gasteiger partial charge is 0.480 e. The van der Waals surface area contributed by atoms with Gasteiger partial charge < -0.3 is 10.0 Å². The summed E-state index contributed by atoms with van der Waals surface area (Å²) in [4.78, 5) is 24.8. The summed E-state index contributed by atoms with van der Waals surface area (Å²) in [5.41, 5.74) is 0.931. The van der Waals surface area contributed by atoms with Crippen molar-refractivity contribution in [3.05, 3.63) is 35.9 Å². The molecule has 0 spiro atoms. The van der Waals surface area contributed by atoms with Gasteiger partial charge in [0.15, 0.2) is 6.16 Å². The van der Waals surface area contributed by atoms with Crippen LogP contribution in [-0.2, 0) is 20.3 Å². The van der Waals surface area contributed by atoms with Crippen LogP contribution in [0.2, 0.25) is 0 Å². The lowest BCUT2D eigenvalue weighted by Crippen LogP contribution is -2.47. The van der Waals surface area contributed by atoms with Crippen LogP contribution in [-0.4, -0.2) is 40.5 Å². The van der Waals surface area contributed by atoms with E-state index in [1.807, 2.05) is 30.3 Å². The highest BCUT2D eigenvalue weighted by Crippen LogP contribution is 2.24. The number of hydrogen-bond acceptors (Lipinski definition) is 3. The summed E-state index contributed by atoms with van der Waals surface area (Å²) < 4.78 is 12.1. The molecule has 0 radical (unpaired) electrons. The zero-order valence-corrected chi connectivity index (χ0v) is 13.3. The third kappa shape index (κ3) is 4.12. The smallest absolute Gasteiger partial charge is 0.437 e. The Morgan fingerprint density at radius 3 is 2.73 bits per heavy atom. The number of nitrogens with one attached hydrogen (secondary N) is 1. The summed E-state index contributed by atoms with van der Waals surface area (Å²) in [5.74, 6) is -1.28. The van der Waals surface area contributed by atoms with Crippen LogP contribution in [0.25, 0.3) is 0 Å². The molecule has 1 unspecified atom stereocenters. The quantitative estimate of drug-likeness (QED) is 0.782. The topological polar surface area (TPSA) is 86.7 Å². The zero-order chi connectivity index (χ0) is 16.1. The summed E-state index contributed by atoms with van der Waals surface area (Å²) in [6, 6.07) is 7.96. The Labute approximate surface area is 130 Å². The Morgan fingerprint density at radius 1 is 1.41 bits per heavy atom. The van der Waals surface area contributed by atoms with Crippen LogP contribution in [0.1, 0.15) is 25.3 Å². The number of hydrogen-bond donors (Lipinski definition) is 2. The van der Waals surface area contributed by atoms with E-state index in [2.05, 4.69) is 5.09 Å². The molecule has 22 heavy (non-hydrogen) atoms. The van der Waals surface area contributed by atoms with Gasteiger partial charge in [0.1, 0.15) is 12.1 Å². The highest BCUT2D eigenvalue weighted by Gasteiger charge is 2.37. The predicted octanol–water partition coefficient (Wildman–Crippen LogP) is 1.98. The molecule has 3 atom stereocenters. The lowest BCUT2D eigenvalue weighted by Gasteiger charge is -2.23. The number of likely N-dealkylation sites (tertiary alicyclic amines) is 1. The van der Waals surface area contributed by atoms with E-state index >= 15 is 0 Å². The number of carbonyl (C=O) groups excluding carboxylic acids is 1. The van der Waals surface area contributed by atoms with E-state index < -0.39 is 26.0 Å². The number of aliphatic carboxylic acids is 1. The Bertz CT molecular complexity index is 564. The number of nitrogens with zero attached hydrogens (tertiary/aromatic N) is 1. The Morgan fingerprint density at radius 2 is 2.09 bits per heavy atom. The van der Waals surface area contributed by atoms with Crippen molar-refractivity contribution in [1.82, 2.24) is 9.99 Å². The summed E-state index contributed by atoms with van der Waals surface area (Å²) in [6.07, 6.45) is 1.51. The molecule has 1 aliphatic rings. The second-order valence-corrected chi connectivity index (χ2v) is 6.73. The maximum atomic E-state index is 12.3. The van der Waals surface area contributed by atoms with E-state index in [4.69, 9.17) is 5.11 Å². The molecule has 0 bridgehead atoms. The molecule has 118 valence electrons. The van der Waals surface area contributed by atoms with Gasteiger partial charge in [0.25, 0.3) is 0 Å². The second kappa shape index (κ2) is 7.47. The molecule has 7 heteroatoms. The molecule has 0 saturated carbocycles. The van der Waals surface area contributed by atoms with Crippen LogP contribution in [0.5, 0.6) is 0 Å². The van der Waals surface area contributed by atoms with E-state index in [0.29, 0.717) is 25.5 Å². The van der Waals surface area contributed by atoms with Crippen LogP contribution in [0.4, 0.5) is 0 Å². The number of carboxylic acid groups (broad SMARTS) is 1. The molecule has 1 aromatic rings. The molecule has 1 amide bonds. The van der Waals surface area contributed by atoms with Crippen molar-refractivity contribution in [2.45, 2.75) is 38.0 Å². The van der Waals surface area contributed by atoms with Crippen LogP contribution >= 0.6 is 7.95 Å². The number of carbonyl (C=O) groups is 2. The minimum absolute atomic E-state index is 0.304. The zero-order valence-electron chi connectivity index (χ0n) is 12.4. The molecular weight excluding hydrogens is 303 g/mol. The maximum absolute atomic E-state index is 12.3. The number of amides is 1. The van der Waals surface area contributed by atoms with E-state index in [9.17, 15) is 14.2 Å². The highest BCUT2D eigenvalue weighted by atomic mass is 31.1. The van der Waals surface area contributed by atoms with Crippen molar-refractivity contribution in [2.75, 3.05) is 6.54 Å². The number of benzene rings is 1. The standard InChI is InChI=1S/C15H19N2O4P/c1-11(14(18)17-9-5-8-13(17)15(19)20)16-22(21)10-12-6-3-2-4-7-12/h2-4,6-7,11,13H,5,8-10H2,1H3,(H-,16,19,20,21)/p+1/t11-,13-/m0/s1. The normalized spacial score (nSPS) is 19.8. The van der Waals surface area contributed by atoms with E-state index in [1.54, 1.807) is 6.92 Å². The first-order chi connectivity index (χ1) is 10.5. The van der Waals surface area contributed by atoms with E-state index in [-0.39, 0.29) is 5.91 Å². The third-order valence-electron chi connectivity index (χ3n) is 3.70. The number of rotatable bonds is 6. The van der Waals surface area contributed by atoms with Crippen molar-refractivity contribution in [1.29, 1.82) is 0 Å². The minimum Gasteiger partial charge on any atom is -0.480 e. The fraction of sp³-hybridized carbons (Fsp3) is 0.467. The summed E-state index contributed by atoms with van der Waals surface area (Å²) in [7, 11) is -1.77. The SMILES string of the molecule is C[C@H](N[P+](=O)Cc1ccccc1)C(=O)N1CCC[C@H]1C(=O)O. The molecule has 2 N–H and O–H groups in total. The molecule has 1 fully saturated rings. The fourth-order valence-electron chi connectivity index (χ4n) is 2.60. The molecule has 6 nitrogen and oxygen atoms in total. The first-order valence-corrected chi connectivity index (χ1v) is 8.71. The molecule has 1 aromatic carbocycles. The summed E-state index contributed by atoms with van der Waals surface area (Å²) in [5, 5.41) is 11.9. The molecule has 1 saturated heterocycles. The van der Waals surface area contributed by atoms with Gasteiger partial charge in [-0.2, -0.15) is 0 Å². The van der Waals surface area contributed by atoms with Gasteiger partial charge in [-0.05, 0) is 24.3 Å². The Hall–Kier alpha value is -1.78. The Kier molecular flexibility index (Phi) is 5.63. The van der Waals surface area contributed by atoms with Crippen molar-refractivity contribution in [3.8, 4) is 0 Å². The summed E-state index contributed by atoms with van der Waals surface area (Å²) in [6.45, 7) is 2.06. The average molecular weight is 323 g/mol. The van der Waals surface area contributed by atoms with Crippen LogP contribution < -0.4 is 5.09 Å². The molecule has 1 aliphatic heterocycles. The van der Waals surface area contributed by atoms with Gasteiger partial charge in [0.2, 0.25) is 5.91 Å². The van der Waals surface area contributed by atoms with Crippen LogP contribution in [0, 0.1) is 0 Å². The molecular formula is C15H20N2O4P+. The van der Waals surface area contributed by atoms with Gasteiger partial charge in [-0.15, -0.1) is 0 Å². The van der Waals surface area contributed by atoms with Crippen molar-refractivity contribution in [3.63, 3.8) is 0 Å². The average Bonchev–Trinajstić information content (AvgIpc) is 2.96. The van der Waals surface area contributed by atoms with Crippen molar-refractivity contribution >= 4 is 19.8 Å². The molecule has 1 heterocycles. The molecule has 0 aliphatic carbocycles. The van der Waals surface area contributed by atoms with Gasteiger partial charge in [0, 0.05) is 12.1 Å². The first-order valence-electron chi connectivity index (χ1n) is 7.27. The Balaban J connectivity index is 1.91. The van der Waals surface area contributed by atoms with Crippen LogP contribution in [0.3, 0.4) is 0 Å². The van der Waals surface area contributed by atoms with Gasteiger partial charge in [-0.1, -0.05) is 35.4 Å². The second-order valence-electron chi connectivity index (χ2n) is 5.40. The van der Waals surface area contributed by atoms with Gasteiger partial charge in [-0.25, -0.2) is 4.79 Å². The minimum atomic E-state index is -1.77. The lowest BCUT2D eigenvalue weighted by molar-refractivity contribution is -0.148.